The van der Waals surface area contributed by atoms with Gasteiger partial charge in [-0.05, 0) is 45.0 Å². The molecule has 2 heterocycles. The molecule has 0 aliphatic carbocycles. The lowest BCUT2D eigenvalue weighted by Crippen LogP contribution is -2.51. The molecule has 162 valence electrons. The topological polar surface area (TPSA) is 58.7 Å². The van der Waals surface area contributed by atoms with Gasteiger partial charge in [0.1, 0.15) is 0 Å². The molecule has 1 atom stereocenters. The molecular formula is C22H37IN6. The zero-order chi connectivity index (χ0) is 19.9. The van der Waals surface area contributed by atoms with Gasteiger partial charge in [0.25, 0.3) is 0 Å². The number of piperazine rings is 1. The van der Waals surface area contributed by atoms with Crippen molar-refractivity contribution in [2.24, 2.45) is 4.99 Å². The Bertz CT molecular complexity index is 787. The minimum absolute atomic E-state index is 0. The van der Waals surface area contributed by atoms with E-state index >= 15 is 0 Å². The third kappa shape index (κ3) is 6.33. The summed E-state index contributed by atoms with van der Waals surface area (Å²) in [5.41, 5.74) is 4.03. The summed E-state index contributed by atoms with van der Waals surface area (Å²) < 4.78 is 0. The second-order valence-electron chi connectivity index (χ2n) is 7.80. The molecule has 2 aromatic rings. The highest BCUT2D eigenvalue weighted by Gasteiger charge is 2.21. The van der Waals surface area contributed by atoms with Crippen LogP contribution in [0, 0.1) is 0 Å². The van der Waals surface area contributed by atoms with Gasteiger partial charge in [-0.25, -0.2) is 0 Å². The number of H-pyrrole nitrogens is 1. The maximum atomic E-state index is 4.85. The van der Waals surface area contributed by atoms with Crippen molar-refractivity contribution in [1.82, 2.24) is 25.4 Å². The Hall–Kier alpha value is -1.32. The van der Waals surface area contributed by atoms with Gasteiger partial charge in [-0.1, -0.05) is 25.1 Å². The Balaban J connectivity index is 0.00000300. The summed E-state index contributed by atoms with van der Waals surface area (Å²) in [7, 11) is 4.40. The van der Waals surface area contributed by atoms with Gasteiger partial charge >= 0.3 is 0 Å². The van der Waals surface area contributed by atoms with E-state index in [1.807, 2.05) is 0 Å². The van der Waals surface area contributed by atoms with Gasteiger partial charge < -0.3 is 20.5 Å². The van der Waals surface area contributed by atoms with E-state index in [4.69, 9.17) is 4.99 Å². The zero-order valence-electron chi connectivity index (χ0n) is 18.3. The fourth-order valence-electron chi connectivity index (χ4n) is 3.93. The predicted molar refractivity (Wildman–Crippen MR) is 135 cm³/mol. The largest absolute Gasteiger partial charge is 0.361 e. The molecule has 3 rings (SSSR count). The number of hydrogen-bond acceptors (Lipinski definition) is 3. The van der Waals surface area contributed by atoms with Gasteiger partial charge in [-0.3, -0.25) is 9.89 Å². The molecule has 29 heavy (non-hydrogen) atoms. The third-order valence-electron chi connectivity index (χ3n) is 5.74. The number of hydrogen-bond donors (Lipinski definition) is 3. The summed E-state index contributed by atoms with van der Waals surface area (Å²) in [4.78, 5) is 13.1. The zero-order valence-corrected chi connectivity index (χ0v) is 20.6. The molecule has 0 radical (unpaired) electrons. The first kappa shape index (κ1) is 24.0. The summed E-state index contributed by atoms with van der Waals surface area (Å²) in [6.07, 6.45) is 4.18. The number of aliphatic imine (C=N–C) groups is 1. The van der Waals surface area contributed by atoms with E-state index in [1.165, 1.54) is 22.0 Å². The number of likely N-dealkylation sites (N-methyl/N-ethyl adjacent to an activating group) is 2. The summed E-state index contributed by atoms with van der Waals surface area (Å²) in [5.74, 6) is 0.915. The molecule has 1 aromatic heterocycles. The van der Waals surface area contributed by atoms with E-state index in [9.17, 15) is 0 Å². The van der Waals surface area contributed by atoms with Crippen LogP contribution in [0.5, 0.6) is 0 Å². The van der Waals surface area contributed by atoms with Gasteiger partial charge in [0.2, 0.25) is 0 Å². The highest BCUT2D eigenvalue weighted by atomic mass is 127. The maximum absolute atomic E-state index is 4.85. The number of halogens is 1. The van der Waals surface area contributed by atoms with E-state index in [2.05, 4.69) is 77.8 Å². The van der Waals surface area contributed by atoms with E-state index in [-0.39, 0.29) is 24.0 Å². The number of nitrogens with zero attached hydrogens (tertiary/aromatic N) is 3. The minimum Gasteiger partial charge on any atom is -0.361 e. The van der Waals surface area contributed by atoms with Crippen molar-refractivity contribution in [3.05, 3.63) is 35.5 Å². The summed E-state index contributed by atoms with van der Waals surface area (Å²) in [6, 6.07) is 7.07. The van der Waals surface area contributed by atoms with Crippen molar-refractivity contribution < 1.29 is 0 Å². The minimum atomic E-state index is 0. The number of rotatable bonds is 7. The van der Waals surface area contributed by atoms with Crippen LogP contribution >= 0.6 is 24.0 Å². The van der Waals surface area contributed by atoms with E-state index in [1.54, 1.807) is 0 Å². The first-order valence-corrected chi connectivity index (χ1v) is 10.6. The van der Waals surface area contributed by atoms with Gasteiger partial charge in [0.05, 0.1) is 6.54 Å². The van der Waals surface area contributed by atoms with Crippen molar-refractivity contribution in [2.75, 3.05) is 53.4 Å². The number of aromatic nitrogens is 1. The molecular weight excluding hydrogens is 475 g/mol. The second-order valence-corrected chi connectivity index (χ2v) is 7.80. The quantitative estimate of drug-likeness (QED) is 0.304. The average Bonchev–Trinajstić information content (AvgIpc) is 3.11. The molecule has 0 bridgehead atoms. The van der Waals surface area contributed by atoms with Gasteiger partial charge in [0.15, 0.2) is 5.96 Å². The molecule has 1 saturated heterocycles. The number of benzene rings is 1. The van der Waals surface area contributed by atoms with Crippen LogP contribution in [-0.2, 0) is 12.8 Å². The normalized spacial score (nSPS) is 18.6. The van der Waals surface area contributed by atoms with Crippen LogP contribution in [0.1, 0.15) is 25.0 Å². The fourth-order valence-corrected chi connectivity index (χ4v) is 3.93. The first-order valence-electron chi connectivity index (χ1n) is 10.6. The lowest BCUT2D eigenvalue weighted by molar-refractivity contribution is 0.119. The molecule has 3 N–H and O–H groups in total. The third-order valence-corrected chi connectivity index (χ3v) is 5.74. The van der Waals surface area contributed by atoms with Crippen LogP contribution in [0.2, 0.25) is 0 Å². The van der Waals surface area contributed by atoms with Crippen molar-refractivity contribution in [3.63, 3.8) is 0 Å². The van der Waals surface area contributed by atoms with E-state index in [0.717, 1.165) is 58.1 Å². The molecule has 0 amide bonds. The van der Waals surface area contributed by atoms with Crippen LogP contribution in [-0.4, -0.2) is 80.1 Å². The number of aryl methyl sites for hydroxylation is 1. The van der Waals surface area contributed by atoms with Crippen LogP contribution in [0.4, 0.5) is 0 Å². The lowest BCUT2D eigenvalue weighted by Gasteiger charge is -2.36. The van der Waals surface area contributed by atoms with E-state index in [0.29, 0.717) is 6.04 Å². The SMILES string of the molecule is CCNC(=NCC1CN(C)CCN1C)NCCc1c[nH]c2c(CC)cccc12.I. The van der Waals surface area contributed by atoms with Crippen LogP contribution in [0.3, 0.4) is 0 Å². The molecule has 6 nitrogen and oxygen atoms in total. The Morgan fingerprint density at radius 2 is 2.00 bits per heavy atom. The predicted octanol–water partition coefficient (Wildman–Crippen LogP) is 2.69. The van der Waals surface area contributed by atoms with Crippen molar-refractivity contribution in [1.29, 1.82) is 0 Å². The molecule has 1 fully saturated rings. The van der Waals surface area contributed by atoms with Crippen molar-refractivity contribution in [2.45, 2.75) is 32.7 Å². The monoisotopic (exact) mass is 512 g/mol. The lowest BCUT2D eigenvalue weighted by atomic mass is 10.1. The molecule has 0 spiro atoms. The van der Waals surface area contributed by atoms with Crippen molar-refractivity contribution in [3.8, 4) is 0 Å². The molecule has 1 aliphatic rings. The number of fused-ring (bicyclic) bond motifs is 1. The Morgan fingerprint density at radius 3 is 2.76 bits per heavy atom. The van der Waals surface area contributed by atoms with Crippen LogP contribution < -0.4 is 10.6 Å². The summed E-state index contributed by atoms with van der Waals surface area (Å²) in [5, 5.41) is 8.24. The summed E-state index contributed by atoms with van der Waals surface area (Å²) >= 11 is 0. The van der Waals surface area contributed by atoms with Gasteiger partial charge in [-0.2, -0.15) is 0 Å². The van der Waals surface area contributed by atoms with Gasteiger partial charge in [-0.15, -0.1) is 24.0 Å². The first-order chi connectivity index (χ1) is 13.6. The number of aromatic amines is 1. The Morgan fingerprint density at radius 1 is 1.17 bits per heavy atom. The van der Waals surface area contributed by atoms with Crippen molar-refractivity contribution >= 4 is 40.8 Å². The highest BCUT2D eigenvalue weighted by Crippen LogP contribution is 2.22. The highest BCUT2D eigenvalue weighted by molar-refractivity contribution is 14.0. The number of nitrogens with one attached hydrogen (secondary N) is 3. The molecule has 7 heteroatoms. The number of guanidine groups is 1. The Kier molecular flexibility index (Phi) is 9.71. The molecule has 1 unspecified atom stereocenters. The maximum Gasteiger partial charge on any atom is 0.191 e. The smallest absolute Gasteiger partial charge is 0.191 e. The average molecular weight is 512 g/mol. The van der Waals surface area contributed by atoms with E-state index < -0.39 is 0 Å². The molecule has 0 saturated carbocycles. The standard InChI is InChI=1S/C22H36N6.HI/c1-5-17-8-7-9-20-18(14-25-21(17)20)10-11-24-22(23-6-2)26-15-19-16-27(3)12-13-28(19)4;/h7-9,14,19,25H,5-6,10-13,15-16H2,1-4H3,(H2,23,24,26);1H. The number of para-hydroxylation sites is 1. The van der Waals surface area contributed by atoms with Crippen LogP contribution in [0.15, 0.2) is 29.4 Å². The van der Waals surface area contributed by atoms with Crippen LogP contribution in [0.25, 0.3) is 10.9 Å². The molecule has 1 aliphatic heterocycles. The second kappa shape index (κ2) is 11.8. The molecule has 1 aromatic carbocycles. The summed E-state index contributed by atoms with van der Waals surface area (Å²) in [6.45, 7) is 10.2. The fraction of sp³-hybridized carbons (Fsp3) is 0.591. The van der Waals surface area contributed by atoms with Gasteiger partial charge in [0, 0.05) is 55.9 Å². The Labute approximate surface area is 192 Å².